The van der Waals surface area contributed by atoms with Gasteiger partial charge in [-0.1, -0.05) is 30.3 Å². The number of hydrogen-bond acceptors (Lipinski definition) is 4. The van der Waals surface area contributed by atoms with Crippen LogP contribution in [0.1, 0.15) is 11.6 Å². The Bertz CT molecular complexity index is 645. The van der Waals surface area contributed by atoms with E-state index in [1.807, 2.05) is 36.4 Å². The van der Waals surface area contributed by atoms with Crippen molar-refractivity contribution >= 4 is 12.4 Å². The Morgan fingerprint density at radius 2 is 1.88 bits per heavy atom. The second kappa shape index (κ2) is 11.1. The van der Waals surface area contributed by atoms with Gasteiger partial charge in [0.05, 0.1) is 13.2 Å². The summed E-state index contributed by atoms with van der Waals surface area (Å²) in [7, 11) is 0. The Morgan fingerprint density at radius 3 is 2.69 bits per heavy atom. The summed E-state index contributed by atoms with van der Waals surface area (Å²) in [4.78, 5) is 2.35. The normalized spacial score (nSPS) is 17.5. The Morgan fingerprint density at radius 1 is 1.04 bits per heavy atom. The van der Waals surface area contributed by atoms with Gasteiger partial charge in [-0.25, -0.2) is 4.39 Å². The minimum atomic E-state index is -0.183. The maximum absolute atomic E-state index is 13.5. The summed E-state index contributed by atoms with van der Waals surface area (Å²) in [6, 6.07) is 16.8. The van der Waals surface area contributed by atoms with Gasteiger partial charge in [0.15, 0.2) is 0 Å². The molecule has 3 rings (SSSR count). The summed E-state index contributed by atoms with van der Waals surface area (Å²) in [5.41, 5.74) is 1.01. The second-order valence-electron chi connectivity index (χ2n) is 6.08. The maximum atomic E-state index is 13.5. The fourth-order valence-corrected chi connectivity index (χ4v) is 3.08. The number of halogens is 2. The smallest absolute Gasteiger partial charge is 0.123 e. The number of piperazine rings is 1. The van der Waals surface area contributed by atoms with Crippen molar-refractivity contribution in [3.05, 3.63) is 66.0 Å². The van der Waals surface area contributed by atoms with E-state index in [9.17, 15) is 4.39 Å². The molecule has 0 saturated carbocycles. The lowest BCUT2D eigenvalue weighted by atomic mass is 10.0. The van der Waals surface area contributed by atoms with Crippen molar-refractivity contribution < 1.29 is 13.9 Å². The average molecular weight is 381 g/mol. The molecule has 2 aromatic carbocycles. The molecule has 1 saturated heterocycles. The lowest BCUT2D eigenvalue weighted by Gasteiger charge is -2.36. The molecule has 0 bridgehead atoms. The monoisotopic (exact) mass is 380 g/mol. The number of nitrogens with one attached hydrogen (secondary N) is 1. The molecule has 142 valence electrons. The fraction of sp³-hybridized carbons (Fsp3) is 0.400. The van der Waals surface area contributed by atoms with Gasteiger partial charge < -0.3 is 14.8 Å². The van der Waals surface area contributed by atoms with E-state index < -0.39 is 0 Å². The molecule has 1 N–H and O–H groups in total. The Labute approximate surface area is 160 Å². The van der Waals surface area contributed by atoms with Crippen molar-refractivity contribution in [1.29, 1.82) is 0 Å². The highest BCUT2D eigenvalue weighted by atomic mass is 35.5. The van der Waals surface area contributed by atoms with Gasteiger partial charge in [-0.2, -0.15) is 0 Å². The zero-order chi connectivity index (χ0) is 17.3. The van der Waals surface area contributed by atoms with E-state index in [0.29, 0.717) is 19.8 Å². The number of benzene rings is 2. The molecule has 26 heavy (non-hydrogen) atoms. The number of rotatable bonds is 8. The first kappa shape index (κ1) is 20.6. The SMILES string of the molecule is Cl.Fc1cccc(C2CNCCN2CCOCCOc2ccccc2)c1. The molecular weight excluding hydrogens is 355 g/mol. The lowest BCUT2D eigenvalue weighted by molar-refractivity contribution is 0.0609. The Balaban J connectivity index is 0.00000243. The molecule has 1 aliphatic rings. The third-order valence-electron chi connectivity index (χ3n) is 4.35. The van der Waals surface area contributed by atoms with Crippen LogP contribution in [0.3, 0.4) is 0 Å². The van der Waals surface area contributed by atoms with Gasteiger partial charge in [0.25, 0.3) is 0 Å². The summed E-state index contributed by atoms with van der Waals surface area (Å²) in [6.07, 6.45) is 0. The summed E-state index contributed by atoms with van der Waals surface area (Å²) < 4.78 is 24.8. The molecule has 0 aromatic heterocycles. The summed E-state index contributed by atoms with van der Waals surface area (Å²) in [5, 5.41) is 3.39. The van der Waals surface area contributed by atoms with Crippen LogP contribution in [0, 0.1) is 5.82 Å². The van der Waals surface area contributed by atoms with Crippen molar-refractivity contribution in [2.24, 2.45) is 0 Å². The molecule has 4 nitrogen and oxygen atoms in total. The van der Waals surface area contributed by atoms with E-state index in [1.165, 1.54) is 6.07 Å². The molecule has 1 fully saturated rings. The van der Waals surface area contributed by atoms with Crippen LogP contribution in [0.5, 0.6) is 5.75 Å². The predicted octanol–water partition coefficient (Wildman–Crippen LogP) is 3.29. The maximum Gasteiger partial charge on any atom is 0.123 e. The van der Waals surface area contributed by atoms with Crippen molar-refractivity contribution in [2.45, 2.75) is 6.04 Å². The van der Waals surface area contributed by atoms with Crippen LogP contribution in [0.2, 0.25) is 0 Å². The van der Waals surface area contributed by atoms with Crippen molar-refractivity contribution in [3.8, 4) is 5.75 Å². The molecule has 0 radical (unpaired) electrons. The van der Waals surface area contributed by atoms with Crippen LogP contribution < -0.4 is 10.1 Å². The highest BCUT2D eigenvalue weighted by molar-refractivity contribution is 5.85. The molecule has 0 aliphatic carbocycles. The molecule has 6 heteroatoms. The first-order chi connectivity index (χ1) is 12.3. The molecule has 1 aliphatic heterocycles. The standard InChI is InChI=1S/C20H25FN2O2.ClH/c21-18-6-4-5-17(15-18)20-16-22-9-10-23(20)11-12-24-13-14-25-19-7-2-1-3-8-19;/h1-8,15,20,22H,9-14,16H2;1H. The highest BCUT2D eigenvalue weighted by Crippen LogP contribution is 2.22. The quantitative estimate of drug-likeness (QED) is 0.712. The third kappa shape index (κ3) is 6.25. The van der Waals surface area contributed by atoms with Gasteiger partial charge >= 0.3 is 0 Å². The number of nitrogens with zero attached hydrogens (tertiary/aromatic N) is 1. The van der Waals surface area contributed by atoms with E-state index >= 15 is 0 Å². The van der Waals surface area contributed by atoms with Gasteiger partial charge in [-0.05, 0) is 29.8 Å². The Hall–Kier alpha value is -1.66. The van der Waals surface area contributed by atoms with Gasteiger partial charge in [-0.3, -0.25) is 4.90 Å². The second-order valence-corrected chi connectivity index (χ2v) is 6.08. The van der Waals surface area contributed by atoms with E-state index in [2.05, 4.69) is 10.2 Å². The molecular formula is C20H26ClFN2O2. The fourth-order valence-electron chi connectivity index (χ4n) is 3.08. The summed E-state index contributed by atoms with van der Waals surface area (Å²) in [5.74, 6) is 0.678. The lowest BCUT2D eigenvalue weighted by Crippen LogP contribution is -2.47. The van der Waals surface area contributed by atoms with Crippen molar-refractivity contribution in [3.63, 3.8) is 0 Å². The van der Waals surface area contributed by atoms with Crippen LogP contribution in [0.15, 0.2) is 54.6 Å². The van der Waals surface area contributed by atoms with E-state index in [4.69, 9.17) is 9.47 Å². The molecule has 1 heterocycles. The van der Waals surface area contributed by atoms with Crippen LogP contribution in [-0.4, -0.2) is 50.9 Å². The van der Waals surface area contributed by atoms with Gasteiger partial charge in [0.1, 0.15) is 18.2 Å². The molecule has 2 aromatic rings. The average Bonchev–Trinajstić information content (AvgIpc) is 2.66. The first-order valence-electron chi connectivity index (χ1n) is 8.79. The van der Waals surface area contributed by atoms with E-state index in [0.717, 1.165) is 37.5 Å². The molecule has 1 atom stereocenters. The predicted molar refractivity (Wildman–Crippen MR) is 104 cm³/mol. The largest absolute Gasteiger partial charge is 0.491 e. The topological polar surface area (TPSA) is 33.7 Å². The van der Waals surface area contributed by atoms with Crippen LogP contribution >= 0.6 is 12.4 Å². The van der Waals surface area contributed by atoms with Crippen LogP contribution in [0.25, 0.3) is 0 Å². The zero-order valence-corrected chi connectivity index (χ0v) is 15.6. The van der Waals surface area contributed by atoms with Crippen LogP contribution in [-0.2, 0) is 4.74 Å². The molecule has 0 spiro atoms. The zero-order valence-electron chi connectivity index (χ0n) is 14.8. The Kier molecular flexibility index (Phi) is 8.85. The first-order valence-corrected chi connectivity index (χ1v) is 8.79. The van der Waals surface area contributed by atoms with Gasteiger partial charge in [0, 0.05) is 32.2 Å². The summed E-state index contributed by atoms with van der Waals surface area (Å²) in [6.45, 7) is 5.29. The number of ether oxygens (including phenoxy) is 2. The minimum Gasteiger partial charge on any atom is -0.491 e. The van der Waals surface area contributed by atoms with Crippen LogP contribution in [0.4, 0.5) is 4.39 Å². The minimum absolute atomic E-state index is 0. The molecule has 1 unspecified atom stereocenters. The molecule has 0 amide bonds. The van der Waals surface area contributed by atoms with E-state index in [1.54, 1.807) is 12.1 Å². The van der Waals surface area contributed by atoms with Gasteiger partial charge in [-0.15, -0.1) is 12.4 Å². The number of para-hydroxylation sites is 1. The van der Waals surface area contributed by atoms with E-state index in [-0.39, 0.29) is 24.3 Å². The van der Waals surface area contributed by atoms with Gasteiger partial charge in [0.2, 0.25) is 0 Å². The summed E-state index contributed by atoms with van der Waals surface area (Å²) >= 11 is 0. The van der Waals surface area contributed by atoms with Crippen molar-refractivity contribution in [1.82, 2.24) is 10.2 Å². The highest BCUT2D eigenvalue weighted by Gasteiger charge is 2.23. The third-order valence-corrected chi connectivity index (χ3v) is 4.35. The number of hydrogen-bond donors (Lipinski definition) is 1. The van der Waals surface area contributed by atoms with Crippen molar-refractivity contribution in [2.75, 3.05) is 46.0 Å².